The lowest BCUT2D eigenvalue weighted by Crippen LogP contribution is -2.73. The van der Waals surface area contributed by atoms with E-state index in [1.165, 1.54) is 29.2 Å². The van der Waals surface area contributed by atoms with Gasteiger partial charge in [0, 0.05) is 22.6 Å². The Morgan fingerprint density at radius 1 is 1.18 bits per heavy atom. The molecule has 3 amide bonds. The number of nitrogens with one attached hydrogen (secondary N) is 1. The van der Waals surface area contributed by atoms with Gasteiger partial charge in [-0.1, -0.05) is 28.1 Å². The summed E-state index contributed by atoms with van der Waals surface area (Å²) in [4.78, 5) is 28.4. The molecule has 2 saturated heterocycles. The summed E-state index contributed by atoms with van der Waals surface area (Å²) in [5.74, 6) is -0.606. The number of halogens is 2. The van der Waals surface area contributed by atoms with Crippen LogP contribution in [-0.4, -0.2) is 58.6 Å². The number of nitrogens with zero attached hydrogens (tertiary/aromatic N) is 2. The number of anilines is 1. The summed E-state index contributed by atoms with van der Waals surface area (Å²) in [6, 6.07) is 12.4. The molecule has 2 aromatic rings. The molecular formula is C20H19BrFN3O3. The zero-order valence-electron chi connectivity index (χ0n) is 14.9. The normalized spacial score (nSPS) is 23.8. The number of carbonyl (C=O) groups is 2. The highest BCUT2D eigenvalue weighted by atomic mass is 79.9. The van der Waals surface area contributed by atoms with Gasteiger partial charge in [-0.05, 0) is 42.0 Å². The predicted octanol–water partition coefficient (Wildman–Crippen LogP) is 2.79. The van der Waals surface area contributed by atoms with Gasteiger partial charge >= 0.3 is 6.03 Å². The molecule has 0 bridgehead atoms. The molecule has 28 heavy (non-hydrogen) atoms. The number of amides is 3. The topological polar surface area (TPSA) is 72.9 Å². The van der Waals surface area contributed by atoms with E-state index < -0.39 is 6.03 Å². The average molecular weight is 448 g/mol. The van der Waals surface area contributed by atoms with Crippen LogP contribution in [0, 0.1) is 5.82 Å². The number of carbonyl (C=O) groups excluding carboxylic acids is 2. The van der Waals surface area contributed by atoms with Crippen molar-refractivity contribution in [2.45, 2.75) is 18.0 Å². The van der Waals surface area contributed by atoms with Crippen LogP contribution >= 0.6 is 15.9 Å². The molecule has 2 N–H and O–H groups in total. The lowest BCUT2D eigenvalue weighted by molar-refractivity contribution is -0.159. The third-order valence-electron chi connectivity index (χ3n) is 5.39. The van der Waals surface area contributed by atoms with Crippen LogP contribution in [0.25, 0.3) is 0 Å². The molecule has 0 unspecified atom stereocenters. The molecule has 4 rings (SSSR count). The monoisotopic (exact) mass is 447 g/mol. The minimum absolute atomic E-state index is 0.0385. The van der Waals surface area contributed by atoms with Gasteiger partial charge in [-0.15, -0.1) is 0 Å². The molecular weight excluding hydrogens is 429 g/mol. The molecule has 2 fully saturated rings. The molecule has 0 aromatic heterocycles. The fraction of sp³-hybridized carbons (Fsp3) is 0.300. The van der Waals surface area contributed by atoms with Crippen LogP contribution in [0.3, 0.4) is 0 Å². The molecule has 6 nitrogen and oxygen atoms in total. The fourth-order valence-electron chi connectivity index (χ4n) is 4.07. The van der Waals surface area contributed by atoms with Crippen molar-refractivity contribution in [2.75, 3.05) is 25.0 Å². The molecule has 0 aliphatic carbocycles. The second-order valence-electron chi connectivity index (χ2n) is 7.01. The van der Waals surface area contributed by atoms with Gasteiger partial charge in [-0.2, -0.15) is 0 Å². The van der Waals surface area contributed by atoms with E-state index in [0.717, 1.165) is 10.0 Å². The SMILES string of the molecule is O=C(Nc1ccc(F)cc1)N1CC(=O)N2[C@H](CO)[C@H](c3ccc(Br)cc3)[C@H]2C1. The number of hydrogen-bond acceptors (Lipinski definition) is 3. The summed E-state index contributed by atoms with van der Waals surface area (Å²) >= 11 is 3.41. The van der Waals surface area contributed by atoms with Gasteiger partial charge < -0.3 is 20.2 Å². The van der Waals surface area contributed by atoms with Gasteiger partial charge in [0.2, 0.25) is 5.91 Å². The number of hydrogen-bond donors (Lipinski definition) is 2. The van der Waals surface area contributed by atoms with Gasteiger partial charge in [0.1, 0.15) is 12.4 Å². The maximum Gasteiger partial charge on any atom is 0.322 e. The van der Waals surface area contributed by atoms with E-state index >= 15 is 0 Å². The molecule has 3 atom stereocenters. The van der Waals surface area contributed by atoms with Crippen molar-refractivity contribution in [1.29, 1.82) is 0 Å². The molecule has 0 spiro atoms. The van der Waals surface area contributed by atoms with Gasteiger partial charge in [0.05, 0.1) is 18.7 Å². The maximum absolute atomic E-state index is 13.0. The van der Waals surface area contributed by atoms with Crippen LogP contribution in [0.15, 0.2) is 53.0 Å². The van der Waals surface area contributed by atoms with E-state index in [4.69, 9.17) is 0 Å². The van der Waals surface area contributed by atoms with Crippen molar-refractivity contribution >= 4 is 33.6 Å². The molecule has 8 heteroatoms. The number of aliphatic hydroxyl groups is 1. The molecule has 2 aromatic carbocycles. The minimum atomic E-state index is -0.401. The number of aliphatic hydroxyl groups excluding tert-OH is 1. The summed E-state index contributed by atoms with van der Waals surface area (Å²) in [6.07, 6.45) is 0. The van der Waals surface area contributed by atoms with Crippen LogP contribution in [0.1, 0.15) is 11.5 Å². The molecule has 2 aliphatic rings. The Labute approximate surface area is 170 Å². The van der Waals surface area contributed by atoms with Crippen LogP contribution in [-0.2, 0) is 4.79 Å². The first kappa shape index (κ1) is 18.9. The zero-order valence-corrected chi connectivity index (χ0v) is 16.5. The van der Waals surface area contributed by atoms with Crippen molar-refractivity contribution in [3.8, 4) is 0 Å². The Hall–Kier alpha value is -2.45. The highest BCUT2D eigenvalue weighted by molar-refractivity contribution is 9.10. The standard InChI is InChI=1S/C20H19BrFN3O3/c21-13-3-1-12(2-4-13)19-16-9-24(10-18(27)25(16)17(19)11-26)20(28)23-15-7-5-14(22)6-8-15/h1-8,16-17,19,26H,9-11H2,(H,23,28)/t16-,17-,19-/m1/s1. The molecule has 146 valence electrons. The first-order valence-electron chi connectivity index (χ1n) is 8.97. The summed E-state index contributed by atoms with van der Waals surface area (Å²) in [5, 5.41) is 12.5. The van der Waals surface area contributed by atoms with Gasteiger partial charge in [-0.25, -0.2) is 9.18 Å². The lowest BCUT2D eigenvalue weighted by atomic mass is 9.74. The van der Waals surface area contributed by atoms with E-state index in [9.17, 15) is 19.1 Å². The van der Waals surface area contributed by atoms with Crippen molar-refractivity contribution in [2.24, 2.45) is 0 Å². The van der Waals surface area contributed by atoms with Crippen LogP contribution < -0.4 is 5.32 Å². The molecule has 2 aliphatic heterocycles. The Morgan fingerprint density at radius 3 is 2.50 bits per heavy atom. The number of urea groups is 1. The van der Waals surface area contributed by atoms with Crippen molar-refractivity contribution in [3.05, 3.63) is 64.4 Å². The fourth-order valence-corrected chi connectivity index (χ4v) is 4.34. The number of fused-ring (bicyclic) bond motifs is 1. The molecule has 0 saturated carbocycles. The first-order valence-corrected chi connectivity index (χ1v) is 9.76. The number of benzene rings is 2. The second kappa shape index (κ2) is 7.52. The predicted molar refractivity (Wildman–Crippen MR) is 105 cm³/mol. The van der Waals surface area contributed by atoms with Crippen LogP contribution in [0.4, 0.5) is 14.9 Å². The van der Waals surface area contributed by atoms with E-state index in [2.05, 4.69) is 21.2 Å². The number of rotatable bonds is 3. The Kier molecular flexibility index (Phi) is 5.07. The zero-order chi connectivity index (χ0) is 19.8. The van der Waals surface area contributed by atoms with E-state index in [-0.39, 0.29) is 42.9 Å². The van der Waals surface area contributed by atoms with Crippen molar-refractivity contribution < 1.29 is 19.1 Å². The maximum atomic E-state index is 13.0. The average Bonchev–Trinajstić information content (AvgIpc) is 2.66. The van der Waals surface area contributed by atoms with Gasteiger partial charge in [0.15, 0.2) is 0 Å². The largest absolute Gasteiger partial charge is 0.394 e. The number of piperazine rings is 1. The smallest absolute Gasteiger partial charge is 0.322 e. The lowest BCUT2D eigenvalue weighted by Gasteiger charge is -2.58. The van der Waals surface area contributed by atoms with Crippen LogP contribution in [0.5, 0.6) is 0 Å². The Morgan fingerprint density at radius 2 is 1.86 bits per heavy atom. The van der Waals surface area contributed by atoms with Crippen molar-refractivity contribution in [1.82, 2.24) is 9.80 Å². The molecule has 2 heterocycles. The highest BCUT2D eigenvalue weighted by Crippen LogP contribution is 2.43. The third kappa shape index (κ3) is 3.38. The third-order valence-corrected chi connectivity index (χ3v) is 5.92. The Bertz CT molecular complexity index is 891. The second-order valence-corrected chi connectivity index (χ2v) is 7.93. The van der Waals surface area contributed by atoms with Crippen molar-refractivity contribution in [3.63, 3.8) is 0 Å². The quantitative estimate of drug-likeness (QED) is 0.759. The van der Waals surface area contributed by atoms with Gasteiger partial charge in [-0.3, -0.25) is 4.79 Å². The Balaban J connectivity index is 1.51. The summed E-state index contributed by atoms with van der Waals surface area (Å²) in [5.41, 5.74) is 1.49. The van der Waals surface area contributed by atoms with Crippen LogP contribution in [0.2, 0.25) is 0 Å². The van der Waals surface area contributed by atoms with E-state index in [0.29, 0.717) is 12.2 Å². The summed E-state index contributed by atoms with van der Waals surface area (Å²) in [6.45, 7) is 0.202. The summed E-state index contributed by atoms with van der Waals surface area (Å²) in [7, 11) is 0. The highest BCUT2D eigenvalue weighted by Gasteiger charge is 2.54. The summed E-state index contributed by atoms with van der Waals surface area (Å²) < 4.78 is 14.0. The minimum Gasteiger partial charge on any atom is -0.394 e. The first-order chi connectivity index (χ1) is 13.5. The van der Waals surface area contributed by atoms with E-state index in [1.807, 2.05) is 24.3 Å². The van der Waals surface area contributed by atoms with Gasteiger partial charge in [0.25, 0.3) is 0 Å². The molecule has 0 radical (unpaired) electrons. The van der Waals surface area contributed by atoms with E-state index in [1.54, 1.807) is 4.90 Å².